The molecule has 0 aromatic heterocycles. The molecule has 1 fully saturated rings. The molecule has 0 spiro atoms. The van der Waals surface area contributed by atoms with E-state index in [2.05, 4.69) is 44.3 Å². The van der Waals surface area contributed by atoms with Gasteiger partial charge in [-0.3, -0.25) is 0 Å². The number of benzene rings is 1. The zero-order valence-corrected chi connectivity index (χ0v) is 13.2. The van der Waals surface area contributed by atoms with Crippen molar-refractivity contribution in [3.8, 4) is 5.75 Å². The molecule has 1 aromatic rings. The fourth-order valence-corrected chi connectivity index (χ4v) is 3.25. The summed E-state index contributed by atoms with van der Waals surface area (Å²) in [5.74, 6) is 1.82. The summed E-state index contributed by atoms with van der Waals surface area (Å²) in [6.45, 7) is 8.38. The lowest BCUT2D eigenvalue weighted by Crippen LogP contribution is -2.40. The van der Waals surface area contributed by atoms with Crippen LogP contribution in [0.25, 0.3) is 0 Å². The summed E-state index contributed by atoms with van der Waals surface area (Å²) in [7, 11) is 0. The summed E-state index contributed by atoms with van der Waals surface area (Å²) in [5.41, 5.74) is 2.55. The van der Waals surface area contributed by atoms with Crippen LogP contribution in [-0.4, -0.2) is 19.2 Å². The maximum Gasteiger partial charge on any atom is 0.119 e. The van der Waals surface area contributed by atoms with Crippen LogP contribution in [0.1, 0.15) is 50.2 Å². The monoisotopic (exact) mass is 275 g/mol. The Morgan fingerprint density at radius 1 is 1.15 bits per heavy atom. The second kappa shape index (κ2) is 7.68. The van der Waals surface area contributed by atoms with Crippen molar-refractivity contribution in [2.75, 3.05) is 13.2 Å². The van der Waals surface area contributed by atoms with Gasteiger partial charge in [0.1, 0.15) is 12.4 Å². The Balaban J connectivity index is 1.92. The molecule has 2 heteroatoms. The van der Waals surface area contributed by atoms with E-state index in [0.717, 1.165) is 24.8 Å². The second-order valence-corrected chi connectivity index (χ2v) is 6.24. The molecule has 0 amide bonds. The topological polar surface area (TPSA) is 21.3 Å². The van der Waals surface area contributed by atoms with Gasteiger partial charge in [0.15, 0.2) is 0 Å². The number of hydrogen-bond donors (Lipinski definition) is 1. The van der Waals surface area contributed by atoms with Crippen LogP contribution in [0, 0.1) is 19.8 Å². The van der Waals surface area contributed by atoms with Gasteiger partial charge in [-0.05, 0) is 68.8 Å². The molecule has 2 rings (SSSR count). The predicted molar refractivity (Wildman–Crippen MR) is 85.5 cm³/mol. The van der Waals surface area contributed by atoms with Crippen molar-refractivity contribution >= 4 is 0 Å². The van der Waals surface area contributed by atoms with Crippen molar-refractivity contribution in [2.45, 2.75) is 58.9 Å². The van der Waals surface area contributed by atoms with Gasteiger partial charge in [-0.1, -0.05) is 25.8 Å². The zero-order valence-electron chi connectivity index (χ0n) is 13.2. The summed E-state index contributed by atoms with van der Waals surface area (Å²) in [6, 6.07) is 6.98. The lowest BCUT2D eigenvalue weighted by Gasteiger charge is -2.25. The highest BCUT2D eigenvalue weighted by Gasteiger charge is 2.25. The smallest absolute Gasteiger partial charge is 0.119 e. The molecular formula is C18H29NO. The molecule has 1 saturated carbocycles. The molecule has 1 aromatic carbocycles. The Morgan fingerprint density at radius 2 is 1.80 bits per heavy atom. The molecular weight excluding hydrogens is 246 g/mol. The van der Waals surface area contributed by atoms with Crippen LogP contribution in [-0.2, 0) is 0 Å². The number of rotatable bonds is 7. The Labute approximate surface area is 123 Å². The van der Waals surface area contributed by atoms with Gasteiger partial charge in [0.2, 0.25) is 0 Å². The minimum atomic E-state index is 0.512. The highest BCUT2D eigenvalue weighted by molar-refractivity contribution is 5.33. The van der Waals surface area contributed by atoms with Crippen molar-refractivity contribution in [3.05, 3.63) is 29.3 Å². The zero-order chi connectivity index (χ0) is 14.4. The highest BCUT2D eigenvalue weighted by atomic mass is 16.5. The minimum absolute atomic E-state index is 0.512. The van der Waals surface area contributed by atoms with Gasteiger partial charge in [-0.15, -0.1) is 0 Å². The summed E-state index contributed by atoms with van der Waals surface area (Å²) >= 11 is 0. The first-order chi connectivity index (χ1) is 9.69. The Hall–Kier alpha value is -1.02. The average molecular weight is 275 g/mol. The van der Waals surface area contributed by atoms with Crippen molar-refractivity contribution in [3.63, 3.8) is 0 Å². The third-order valence-electron chi connectivity index (χ3n) is 4.25. The van der Waals surface area contributed by atoms with Crippen LogP contribution in [0.5, 0.6) is 5.75 Å². The summed E-state index contributed by atoms with van der Waals surface area (Å²) in [5, 5.41) is 3.69. The van der Waals surface area contributed by atoms with E-state index in [1.165, 1.54) is 43.2 Å². The van der Waals surface area contributed by atoms with Crippen molar-refractivity contribution < 1.29 is 4.74 Å². The summed E-state index contributed by atoms with van der Waals surface area (Å²) in [4.78, 5) is 0. The highest BCUT2D eigenvalue weighted by Crippen LogP contribution is 2.28. The van der Waals surface area contributed by atoms with Crippen LogP contribution in [0.3, 0.4) is 0 Å². The van der Waals surface area contributed by atoms with E-state index < -0.39 is 0 Å². The van der Waals surface area contributed by atoms with Crippen LogP contribution in [0.15, 0.2) is 18.2 Å². The fraction of sp³-hybridized carbons (Fsp3) is 0.667. The second-order valence-electron chi connectivity index (χ2n) is 6.24. The first kappa shape index (κ1) is 15.4. The molecule has 2 nitrogen and oxygen atoms in total. The maximum atomic E-state index is 6.08. The van der Waals surface area contributed by atoms with E-state index in [-0.39, 0.29) is 0 Å². The third-order valence-corrected chi connectivity index (χ3v) is 4.25. The lowest BCUT2D eigenvalue weighted by molar-refractivity contribution is 0.217. The van der Waals surface area contributed by atoms with Gasteiger partial charge in [0.05, 0.1) is 0 Å². The first-order valence-electron chi connectivity index (χ1n) is 8.13. The normalized spacial score (nSPS) is 17.4. The molecule has 0 aliphatic heterocycles. The Kier molecular flexibility index (Phi) is 5.90. The summed E-state index contributed by atoms with van der Waals surface area (Å²) < 4.78 is 6.08. The van der Waals surface area contributed by atoms with Crippen LogP contribution < -0.4 is 10.1 Å². The Bertz CT molecular complexity index is 390. The van der Waals surface area contributed by atoms with Crippen LogP contribution in [0.2, 0.25) is 0 Å². The van der Waals surface area contributed by atoms with Crippen molar-refractivity contribution in [2.24, 2.45) is 5.92 Å². The number of nitrogens with one attached hydrogen (secondary N) is 1. The van der Waals surface area contributed by atoms with E-state index in [1.54, 1.807) is 0 Å². The lowest BCUT2D eigenvalue weighted by atomic mass is 9.98. The van der Waals surface area contributed by atoms with E-state index in [1.807, 2.05) is 0 Å². The average Bonchev–Trinajstić information content (AvgIpc) is 2.91. The first-order valence-corrected chi connectivity index (χ1v) is 8.13. The summed E-state index contributed by atoms with van der Waals surface area (Å²) in [6.07, 6.45) is 6.68. The number of ether oxygens (including phenoxy) is 1. The van der Waals surface area contributed by atoms with Crippen molar-refractivity contribution in [1.29, 1.82) is 0 Å². The SMILES string of the molecule is CCCNC(COc1cc(C)cc(C)c1)C1CCCC1. The minimum Gasteiger partial charge on any atom is -0.492 e. The number of aryl methyl sites for hydroxylation is 2. The third kappa shape index (κ3) is 4.52. The van der Waals surface area contributed by atoms with E-state index in [4.69, 9.17) is 4.74 Å². The van der Waals surface area contributed by atoms with Gasteiger partial charge in [-0.2, -0.15) is 0 Å². The van der Waals surface area contributed by atoms with E-state index in [0.29, 0.717) is 6.04 Å². The van der Waals surface area contributed by atoms with Gasteiger partial charge in [0, 0.05) is 6.04 Å². The van der Waals surface area contributed by atoms with E-state index in [9.17, 15) is 0 Å². The molecule has 1 atom stereocenters. The van der Waals surface area contributed by atoms with E-state index >= 15 is 0 Å². The van der Waals surface area contributed by atoms with Crippen LogP contribution >= 0.6 is 0 Å². The fourth-order valence-electron chi connectivity index (χ4n) is 3.25. The molecule has 1 unspecified atom stereocenters. The molecule has 0 radical (unpaired) electrons. The largest absolute Gasteiger partial charge is 0.492 e. The standard InChI is InChI=1S/C18H29NO/c1-4-9-19-18(16-7-5-6-8-16)13-20-17-11-14(2)10-15(3)12-17/h10-12,16,18-19H,4-9,13H2,1-3H3. The maximum absolute atomic E-state index is 6.08. The van der Waals surface area contributed by atoms with Gasteiger partial charge in [0.25, 0.3) is 0 Å². The van der Waals surface area contributed by atoms with Crippen molar-refractivity contribution in [1.82, 2.24) is 5.32 Å². The van der Waals surface area contributed by atoms with Gasteiger partial charge < -0.3 is 10.1 Å². The molecule has 20 heavy (non-hydrogen) atoms. The molecule has 112 valence electrons. The molecule has 1 aliphatic rings. The van der Waals surface area contributed by atoms with Gasteiger partial charge >= 0.3 is 0 Å². The van der Waals surface area contributed by atoms with Gasteiger partial charge in [-0.25, -0.2) is 0 Å². The molecule has 0 bridgehead atoms. The molecule has 1 N–H and O–H groups in total. The molecule has 0 saturated heterocycles. The number of hydrogen-bond acceptors (Lipinski definition) is 2. The van der Waals surface area contributed by atoms with Crippen LogP contribution in [0.4, 0.5) is 0 Å². The Morgan fingerprint density at radius 3 is 2.40 bits per heavy atom. The molecule has 1 aliphatic carbocycles. The quantitative estimate of drug-likeness (QED) is 0.803. The predicted octanol–water partition coefficient (Wildman–Crippen LogP) is 4.24. The molecule has 0 heterocycles.